The van der Waals surface area contributed by atoms with Crippen molar-refractivity contribution in [3.05, 3.63) is 35.4 Å². The Morgan fingerprint density at radius 2 is 1.53 bits per heavy atom. The number of halogens is 1. The smallest absolute Gasteiger partial charge is 0.335 e. The summed E-state index contributed by atoms with van der Waals surface area (Å²) in [6.07, 6.45) is 12.8. The van der Waals surface area contributed by atoms with Gasteiger partial charge in [0, 0.05) is 5.41 Å². The molecule has 4 aliphatic rings. The number of rotatable bonds is 3. The normalized spacial score (nSPS) is 39.6. The second kappa shape index (κ2) is 8.80. The van der Waals surface area contributed by atoms with Gasteiger partial charge in [0.2, 0.25) is 0 Å². The second-order valence-electron chi connectivity index (χ2n) is 13.3. The average molecular weight is 487 g/mol. The zero-order chi connectivity index (χ0) is 24.3. The van der Waals surface area contributed by atoms with E-state index in [9.17, 15) is 9.90 Å². The highest BCUT2D eigenvalue weighted by molar-refractivity contribution is 6.21. The SMILES string of the molecule is CC1(C)CCC(C)(C)C2CC3(C4CCCCCC4)C(CC21)OC(c1ccc(C(=O)O)cc1)C3Cl. The van der Waals surface area contributed by atoms with Crippen molar-refractivity contribution in [2.45, 2.75) is 109 Å². The van der Waals surface area contributed by atoms with E-state index in [1.165, 1.54) is 57.8 Å². The Labute approximate surface area is 211 Å². The van der Waals surface area contributed by atoms with Gasteiger partial charge in [0.15, 0.2) is 0 Å². The third-order valence-corrected chi connectivity index (χ3v) is 11.4. The number of carboxylic acids is 1. The van der Waals surface area contributed by atoms with Gasteiger partial charge in [-0.15, -0.1) is 11.6 Å². The van der Waals surface area contributed by atoms with Gasteiger partial charge in [-0.25, -0.2) is 4.79 Å². The van der Waals surface area contributed by atoms with Crippen LogP contribution in [0.2, 0.25) is 0 Å². The summed E-state index contributed by atoms with van der Waals surface area (Å²) in [6.45, 7) is 9.96. The zero-order valence-corrected chi connectivity index (χ0v) is 22.2. The summed E-state index contributed by atoms with van der Waals surface area (Å²) in [7, 11) is 0. The molecule has 1 saturated heterocycles. The van der Waals surface area contributed by atoms with Crippen molar-refractivity contribution in [3.8, 4) is 0 Å². The molecule has 188 valence electrons. The molecule has 0 bridgehead atoms. The first-order valence-electron chi connectivity index (χ1n) is 13.7. The lowest BCUT2D eigenvalue weighted by atomic mass is 9.44. The van der Waals surface area contributed by atoms with E-state index in [1.807, 2.05) is 12.1 Å². The summed E-state index contributed by atoms with van der Waals surface area (Å²) in [5.41, 5.74) is 2.03. The van der Waals surface area contributed by atoms with Gasteiger partial charge in [-0.2, -0.15) is 0 Å². The van der Waals surface area contributed by atoms with E-state index in [4.69, 9.17) is 16.3 Å². The lowest BCUT2D eigenvalue weighted by Crippen LogP contribution is -2.57. The fraction of sp³-hybridized carbons (Fsp3) is 0.767. The van der Waals surface area contributed by atoms with Gasteiger partial charge in [0.1, 0.15) is 0 Å². The molecule has 5 rings (SSSR count). The van der Waals surface area contributed by atoms with Crippen LogP contribution in [0, 0.1) is 34.0 Å². The predicted octanol–water partition coefficient (Wildman–Crippen LogP) is 8.26. The van der Waals surface area contributed by atoms with Crippen LogP contribution < -0.4 is 0 Å². The molecule has 4 fully saturated rings. The number of hydrogen-bond acceptors (Lipinski definition) is 2. The number of hydrogen-bond donors (Lipinski definition) is 1. The Hall–Kier alpha value is -1.06. The Kier molecular flexibility index (Phi) is 6.37. The fourth-order valence-corrected chi connectivity index (χ4v) is 9.12. The van der Waals surface area contributed by atoms with Gasteiger partial charge < -0.3 is 9.84 Å². The number of aromatic carboxylic acids is 1. The van der Waals surface area contributed by atoms with E-state index in [0.717, 1.165) is 12.0 Å². The van der Waals surface area contributed by atoms with E-state index >= 15 is 0 Å². The van der Waals surface area contributed by atoms with Crippen LogP contribution in [-0.2, 0) is 4.74 Å². The Balaban J connectivity index is 1.55. The third kappa shape index (κ3) is 3.94. The van der Waals surface area contributed by atoms with Crippen molar-refractivity contribution in [2.24, 2.45) is 34.0 Å². The molecule has 1 aromatic carbocycles. The second-order valence-corrected chi connectivity index (χ2v) is 13.8. The summed E-state index contributed by atoms with van der Waals surface area (Å²) in [4.78, 5) is 11.4. The molecule has 6 atom stereocenters. The molecule has 0 radical (unpaired) electrons. The summed E-state index contributed by atoms with van der Waals surface area (Å²) >= 11 is 7.59. The summed E-state index contributed by atoms with van der Waals surface area (Å²) in [5, 5.41) is 9.29. The maximum atomic E-state index is 11.4. The average Bonchev–Trinajstić information content (AvgIpc) is 2.96. The largest absolute Gasteiger partial charge is 0.478 e. The molecule has 1 aromatic rings. The van der Waals surface area contributed by atoms with Crippen LogP contribution in [0.5, 0.6) is 0 Å². The Bertz CT molecular complexity index is 898. The molecule has 34 heavy (non-hydrogen) atoms. The van der Waals surface area contributed by atoms with Gasteiger partial charge in [-0.3, -0.25) is 0 Å². The Morgan fingerprint density at radius 3 is 2.12 bits per heavy atom. The van der Waals surface area contributed by atoms with Gasteiger partial charge in [0.05, 0.1) is 23.1 Å². The lowest BCUT2D eigenvalue weighted by Gasteiger charge is -2.61. The molecule has 6 unspecified atom stereocenters. The van der Waals surface area contributed by atoms with Crippen LogP contribution in [0.1, 0.15) is 114 Å². The van der Waals surface area contributed by atoms with Crippen molar-refractivity contribution in [1.82, 2.24) is 0 Å². The molecular weight excluding hydrogens is 444 g/mol. The molecule has 1 aliphatic heterocycles. The number of ether oxygens (including phenoxy) is 1. The molecule has 3 nitrogen and oxygen atoms in total. The molecule has 0 aromatic heterocycles. The highest BCUT2D eigenvalue weighted by Crippen LogP contribution is 2.69. The van der Waals surface area contributed by atoms with Crippen molar-refractivity contribution in [3.63, 3.8) is 0 Å². The molecule has 0 amide bonds. The first-order valence-corrected chi connectivity index (χ1v) is 14.1. The number of benzene rings is 1. The summed E-state index contributed by atoms with van der Waals surface area (Å²) in [5.74, 6) is 1.07. The lowest BCUT2D eigenvalue weighted by molar-refractivity contribution is -0.143. The van der Waals surface area contributed by atoms with Gasteiger partial charge in [0.25, 0.3) is 0 Å². The molecule has 1 N–H and O–H groups in total. The number of carboxylic acid groups (broad SMARTS) is 1. The molecule has 0 spiro atoms. The first kappa shape index (κ1) is 24.6. The van der Waals surface area contributed by atoms with E-state index < -0.39 is 5.97 Å². The van der Waals surface area contributed by atoms with Gasteiger partial charge in [-0.1, -0.05) is 65.5 Å². The van der Waals surface area contributed by atoms with Crippen LogP contribution in [0.25, 0.3) is 0 Å². The van der Waals surface area contributed by atoms with Crippen LogP contribution in [0.4, 0.5) is 0 Å². The molecule has 1 heterocycles. The molecule has 3 saturated carbocycles. The van der Waals surface area contributed by atoms with Crippen molar-refractivity contribution < 1.29 is 14.6 Å². The van der Waals surface area contributed by atoms with Gasteiger partial charge in [-0.05, 0) is 84.8 Å². The van der Waals surface area contributed by atoms with Crippen molar-refractivity contribution in [1.29, 1.82) is 0 Å². The van der Waals surface area contributed by atoms with Crippen LogP contribution in [0.3, 0.4) is 0 Å². The van der Waals surface area contributed by atoms with Gasteiger partial charge >= 0.3 is 5.97 Å². The number of fused-ring (bicyclic) bond motifs is 2. The first-order chi connectivity index (χ1) is 16.1. The summed E-state index contributed by atoms with van der Waals surface area (Å²) < 4.78 is 6.99. The minimum atomic E-state index is -0.890. The quantitative estimate of drug-likeness (QED) is 0.345. The maximum Gasteiger partial charge on any atom is 0.335 e. The molecule has 3 aliphatic carbocycles. The maximum absolute atomic E-state index is 11.4. The third-order valence-electron chi connectivity index (χ3n) is 10.7. The van der Waals surface area contributed by atoms with E-state index in [-0.39, 0.29) is 23.0 Å². The van der Waals surface area contributed by atoms with E-state index in [2.05, 4.69) is 27.7 Å². The van der Waals surface area contributed by atoms with Crippen LogP contribution in [-0.4, -0.2) is 22.6 Å². The molecular formula is C30H43ClO3. The van der Waals surface area contributed by atoms with E-state index in [0.29, 0.717) is 34.1 Å². The zero-order valence-electron chi connectivity index (χ0n) is 21.5. The molecule has 4 heteroatoms. The minimum Gasteiger partial charge on any atom is -0.478 e. The van der Waals surface area contributed by atoms with Crippen LogP contribution in [0.15, 0.2) is 24.3 Å². The highest BCUT2D eigenvalue weighted by atomic mass is 35.5. The fourth-order valence-electron chi connectivity index (χ4n) is 8.50. The monoisotopic (exact) mass is 486 g/mol. The highest BCUT2D eigenvalue weighted by Gasteiger charge is 2.66. The topological polar surface area (TPSA) is 46.5 Å². The van der Waals surface area contributed by atoms with Crippen molar-refractivity contribution in [2.75, 3.05) is 0 Å². The number of alkyl halides is 1. The predicted molar refractivity (Wildman–Crippen MR) is 137 cm³/mol. The summed E-state index contributed by atoms with van der Waals surface area (Å²) in [6, 6.07) is 7.28. The standard InChI is InChI=1S/C30H43ClO3/c1-28(2)15-16-29(3,4)23-18-30(21-9-7-5-6-8-10-21)24(17-22(23)28)34-25(26(30)31)19-11-13-20(14-12-19)27(32)33/h11-14,21-26H,5-10,15-18H2,1-4H3,(H,32,33). The Morgan fingerprint density at radius 1 is 0.941 bits per heavy atom. The van der Waals surface area contributed by atoms with E-state index in [1.54, 1.807) is 12.1 Å². The number of carbonyl (C=O) groups is 1. The van der Waals surface area contributed by atoms with Crippen LogP contribution >= 0.6 is 11.6 Å². The van der Waals surface area contributed by atoms with Crippen molar-refractivity contribution >= 4 is 17.6 Å². The minimum absolute atomic E-state index is 0.00783.